The van der Waals surface area contributed by atoms with Crippen molar-refractivity contribution in [1.82, 2.24) is 20.2 Å². The van der Waals surface area contributed by atoms with Crippen LogP contribution in [-0.2, 0) is 0 Å². The molecular formula is C15H20N4O3S. The van der Waals surface area contributed by atoms with Crippen molar-refractivity contribution in [2.75, 3.05) is 12.4 Å². The van der Waals surface area contributed by atoms with Crippen molar-refractivity contribution in [1.29, 1.82) is 0 Å². The number of ether oxygens (including phenoxy) is 1. The van der Waals surface area contributed by atoms with Crippen LogP contribution in [-0.4, -0.2) is 49.6 Å². The molecule has 1 atom stereocenters. The highest BCUT2D eigenvalue weighted by atomic mass is 32.2. The summed E-state index contributed by atoms with van der Waals surface area (Å²) >= 11 is 1.38. The predicted octanol–water partition coefficient (Wildman–Crippen LogP) is 1.99. The van der Waals surface area contributed by atoms with Crippen LogP contribution in [0.25, 0.3) is 0 Å². The minimum atomic E-state index is -0.648. The van der Waals surface area contributed by atoms with Crippen molar-refractivity contribution in [3.63, 3.8) is 0 Å². The molecule has 0 unspecified atom stereocenters. The number of aromatic nitrogens is 4. The number of rotatable bonds is 8. The number of thioether (sulfide) groups is 1. The van der Waals surface area contributed by atoms with Crippen LogP contribution in [0.4, 0.5) is 0 Å². The van der Waals surface area contributed by atoms with Gasteiger partial charge in [0.05, 0.1) is 12.1 Å². The van der Waals surface area contributed by atoms with Gasteiger partial charge in [0.1, 0.15) is 12.4 Å². The van der Waals surface area contributed by atoms with Gasteiger partial charge in [-0.05, 0) is 55.5 Å². The lowest BCUT2D eigenvalue weighted by atomic mass is 10.1. The van der Waals surface area contributed by atoms with Gasteiger partial charge in [0.15, 0.2) is 5.78 Å². The molecule has 124 valence electrons. The summed E-state index contributed by atoms with van der Waals surface area (Å²) < 4.78 is 7.22. The molecule has 0 saturated heterocycles. The molecular weight excluding hydrogens is 316 g/mol. The monoisotopic (exact) mass is 336 g/mol. The smallest absolute Gasteiger partial charge is 0.209 e. The van der Waals surface area contributed by atoms with E-state index in [1.807, 2.05) is 13.8 Å². The number of hydrogen-bond donors (Lipinski definition) is 1. The third-order valence-electron chi connectivity index (χ3n) is 3.06. The number of benzene rings is 1. The van der Waals surface area contributed by atoms with Gasteiger partial charge in [-0.3, -0.25) is 4.79 Å². The lowest BCUT2D eigenvalue weighted by molar-refractivity contribution is 0.101. The topological polar surface area (TPSA) is 90.1 Å². The van der Waals surface area contributed by atoms with E-state index in [9.17, 15) is 9.90 Å². The van der Waals surface area contributed by atoms with Crippen LogP contribution in [0.5, 0.6) is 5.75 Å². The second-order valence-electron chi connectivity index (χ2n) is 5.36. The van der Waals surface area contributed by atoms with Gasteiger partial charge in [0.25, 0.3) is 0 Å². The van der Waals surface area contributed by atoms with Crippen LogP contribution in [0, 0.1) is 0 Å². The second kappa shape index (κ2) is 8.07. The van der Waals surface area contributed by atoms with Gasteiger partial charge >= 0.3 is 0 Å². The Bertz CT molecular complexity index is 642. The zero-order valence-corrected chi connectivity index (χ0v) is 14.2. The number of Topliss-reactive ketones (excluding diaryl/α,β-unsaturated/α-hetero) is 1. The molecule has 2 aromatic rings. The van der Waals surface area contributed by atoms with Gasteiger partial charge in [0, 0.05) is 11.3 Å². The van der Waals surface area contributed by atoms with Gasteiger partial charge in [-0.2, -0.15) is 0 Å². The lowest BCUT2D eigenvalue weighted by Crippen LogP contribution is -2.20. The normalized spacial score (nSPS) is 12.4. The SMILES string of the molecule is CC(=O)c1ccc(OC[C@H](O)CSc2nnnn2C(C)C)cc1. The van der Waals surface area contributed by atoms with Crippen LogP contribution in [0.2, 0.25) is 0 Å². The molecule has 8 heteroatoms. The summed E-state index contributed by atoms with van der Waals surface area (Å²) in [5.74, 6) is 1.06. The highest BCUT2D eigenvalue weighted by Gasteiger charge is 2.13. The maximum Gasteiger partial charge on any atom is 0.209 e. The van der Waals surface area contributed by atoms with Crippen LogP contribution < -0.4 is 4.74 Å². The molecule has 0 fully saturated rings. The van der Waals surface area contributed by atoms with Gasteiger partial charge in [-0.15, -0.1) is 5.10 Å². The molecule has 0 radical (unpaired) electrons. The second-order valence-corrected chi connectivity index (χ2v) is 6.34. The molecule has 1 heterocycles. The number of carbonyl (C=O) groups is 1. The molecule has 2 rings (SSSR count). The molecule has 0 aliphatic rings. The molecule has 7 nitrogen and oxygen atoms in total. The highest BCUT2D eigenvalue weighted by Crippen LogP contribution is 2.19. The van der Waals surface area contributed by atoms with Crippen molar-refractivity contribution in [3.05, 3.63) is 29.8 Å². The zero-order valence-electron chi connectivity index (χ0n) is 13.3. The summed E-state index contributed by atoms with van der Waals surface area (Å²) in [6.45, 7) is 5.66. The van der Waals surface area contributed by atoms with Gasteiger partial charge in [-0.25, -0.2) is 4.68 Å². The Hall–Kier alpha value is -1.93. The van der Waals surface area contributed by atoms with E-state index in [1.165, 1.54) is 18.7 Å². The van der Waals surface area contributed by atoms with Crippen molar-refractivity contribution >= 4 is 17.5 Å². The fourth-order valence-electron chi connectivity index (χ4n) is 1.80. The van der Waals surface area contributed by atoms with E-state index in [1.54, 1.807) is 28.9 Å². The molecule has 23 heavy (non-hydrogen) atoms. The van der Waals surface area contributed by atoms with Crippen LogP contribution in [0.15, 0.2) is 29.4 Å². The molecule has 1 aromatic heterocycles. The number of tetrazole rings is 1. The summed E-state index contributed by atoms with van der Waals surface area (Å²) in [4.78, 5) is 11.2. The summed E-state index contributed by atoms with van der Waals surface area (Å²) in [5.41, 5.74) is 0.633. The fraction of sp³-hybridized carbons (Fsp3) is 0.467. The van der Waals surface area contributed by atoms with Gasteiger partial charge < -0.3 is 9.84 Å². The fourth-order valence-corrected chi connectivity index (χ4v) is 2.71. The van der Waals surface area contributed by atoms with E-state index in [0.717, 1.165) is 0 Å². The first kappa shape index (κ1) is 17.4. The summed E-state index contributed by atoms with van der Waals surface area (Å²) in [5, 5.41) is 22.2. The number of aliphatic hydroxyl groups excluding tert-OH is 1. The molecule has 1 N–H and O–H groups in total. The first-order chi connectivity index (χ1) is 11.0. The number of hydrogen-bond acceptors (Lipinski definition) is 7. The molecule has 1 aromatic carbocycles. The predicted molar refractivity (Wildman–Crippen MR) is 86.9 cm³/mol. The van der Waals surface area contributed by atoms with E-state index in [-0.39, 0.29) is 18.4 Å². The van der Waals surface area contributed by atoms with Crippen molar-refractivity contribution in [3.8, 4) is 5.75 Å². The maximum absolute atomic E-state index is 11.2. The van der Waals surface area contributed by atoms with E-state index >= 15 is 0 Å². The Morgan fingerprint density at radius 2 is 2.04 bits per heavy atom. The Balaban J connectivity index is 1.79. The van der Waals surface area contributed by atoms with Gasteiger partial charge in [-0.1, -0.05) is 11.8 Å². The Morgan fingerprint density at radius 3 is 2.65 bits per heavy atom. The largest absolute Gasteiger partial charge is 0.491 e. The minimum Gasteiger partial charge on any atom is -0.491 e. The number of aliphatic hydroxyl groups is 1. The molecule has 0 aliphatic heterocycles. The van der Waals surface area contributed by atoms with E-state index < -0.39 is 6.10 Å². The molecule has 0 bridgehead atoms. The van der Waals surface area contributed by atoms with Crippen LogP contribution in [0.1, 0.15) is 37.2 Å². The molecule has 0 aliphatic carbocycles. The summed E-state index contributed by atoms with van der Waals surface area (Å²) in [6.07, 6.45) is -0.648. The molecule has 0 spiro atoms. The van der Waals surface area contributed by atoms with Crippen LogP contribution in [0.3, 0.4) is 0 Å². The average Bonchev–Trinajstić information content (AvgIpc) is 3.00. The number of ketones is 1. The summed E-state index contributed by atoms with van der Waals surface area (Å²) in [6, 6.07) is 7.01. The average molecular weight is 336 g/mol. The Labute approximate surface area is 139 Å². The molecule has 0 saturated carbocycles. The summed E-state index contributed by atoms with van der Waals surface area (Å²) in [7, 11) is 0. The van der Waals surface area contributed by atoms with E-state index in [2.05, 4.69) is 15.5 Å². The standard InChI is InChI=1S/C15H20N4O3S/c1-10(2)19-15(16-17-18-19)23-9-13(21)8-22-14-6-4-12(5-7-14)11(3)20/h4-7,10,13,21H,8-9H2,1-3H3/t13-/m0/s1. The van der Waals surface area contributed by atoms with Crippen LogP contribution >= 0.6 is 11.8 Å². The Kier molecular flexibility index (Phi) is 6.12. The Morgan fingerprint density at radius 1 is 1.35 bits per heavy atom. The number of carbonyl (C=O) groups excluding carboxylic acids is 1. The quantitative estimate of drug-likeness (QED) is 0.582. The first-order valence-electron chi connectivity index (χ1n) is 7.30. The van der Waals surface area contributed by atoms with Crippen molar-refractivity contribution in [2.24, 2.45) is 0 Å². The third-order valence-corrected chi connectivity index (χ3v) is 4.14. The molecule has 0 amide bonds. The highest BCUT2D eigenvalue weighted by molar-refractivity contribution is 7.99. The minimum absolute atomic E-state index is 0.0101. The van der Waals surface area contributed by atoms with Gasteiger partial charge in [0.2, 0.25) is 5.16 Å². The van der Waals surface area contributed by atoms with E-state index in [4.69, 9.17) is 4.74 Å². The first-order valence-corrected chi connectivity index (χ1v) is 8.28. The maximum atomic E-state index is 11.2. The van der Waals surface area contributed by atoms with Crippen molar-refractivity contribution < 1.29 is 14.6 Å². The number of nitrogens with zero attached hydrogens (tertiary/aromatic N) is 4. The van der Waals surface area contributed by atoms with Crippen molar-refractivity contribution in [2.45, 2.75) is 38.1 Å². The zero-order chi connectivity index (χ0) is 16.8. The lowest BCUT2D eigenvalue weighted by Gasteiger charge is -2.12. The van der Waals surface area contributed by atoms with E-state index in [0.29, 0.717) is 22.2 Å². The third kappa shape index (κ3) is 5.04.